The maximum Gasteiger partial charge on any atom is 0.133 e. The van der Waals surface area contributed by atoms with Gasteiger partial charge in [-0.25, -0.2) is 9.97 Å². The Bertz CT molecular complexity index is 352. The standard InChI is InChI=1S/C12H21N3O/c1-6-13-12-9(3)10(4)14-11(15-12)7-8(2)16-5/h8H,6-7H2,1-5H3,(H,13,14,15). The van der Waals surface area contributed by atoms with E-state index >= 15 is 0 Å². The molecular weight excluding hydrogens is 202 g/mol. The van der Waals surface area contributed by atoms with Crippen molar-refractivity contribution >= 4 is 5.82 Å². The van der Waals surface area contributed by atoms with Crippen molar-refractivity contribution in [2.45, 2.75) is 40.2 Å². The fourth-order valence-corrected chi connectivity index (χ4v) is 1.46. The summed E-state index contributed by atoms with van der Waals surface area (Å²) >= 11 is 0. The number of hydrogen-bond acceptors (Lipinski definition) is 4. The lowest BCUT2D eigenvalue weighted by atomic mass is 10.2. The molecular formula is C12H21N3O. The van der Waals surface area contributed by atoms with E-state index < -0.39 is 0 Å². The molecule has 0 aromatic carbocycles. The van der Waals surface area contributed by atoms with E-state index in [1.54, 1.807) is 7.11 Å². The lowest BCUT2D eigenvalue weighted by Gasteiger charge is -2.13. The molecule has 1 atom stereocenters. The lowest BCUT2D eigenvalue weighted by molar-refractivity contribution is 0.117. The number of nitrogens with one attached hydrogen (secondary N) is 1. The van der Waals surface area contributed by atoms with Gasteiger partial charge in [-0.2, -0.15) is 0 Å². The number of ether oxygens (including phenoxy) is 1. The van der Waals surface area contributed by atoms with Crippen molar-refractivity contribution in [1.82, 2.24) is 9.97 Å². The summed E-state index contributed by atoms with van der Waals surface area (Å²) in [5.74, 6) is 1.78. The Balaban J connectivity index is 2.94. The molecule has 0 aliphatic carbocycles. The van der Waals surface area contributed by atoms with Crippen LogP contribution in [0.3, 0.4) is 0 Å². The minimum absolute atomic E-state index is 0.150. The smallest absolute Gasteiger partial charge is 0.133 e. The van der Waals surface area contributed by atoms with Crippen molar-refractivity contribution < 1.29 is 4.74 Å². The second-order valence-electron chi connectivity index (χ2n) is 3.98. The second kappa shape index (κ2) is 5.80. The summed E-state index contributed by atoms with van der Waals surface area (Å²) in [6.07, 6.45) is 0.896. The summed E-state index contributed by atoms with van der Waals surface area (Å²) < 4.78 is 5.22. The van der Waals surface area contributed by atoms with Gasteiger partial charge in [0.1, 0.15) is 11.6 Å². The van der Waals surface area contributed by atoms with Crippen LogP contribution < -0.4 is 5.32 Å². The number of anilines is 1. The molecule has 1 aromatic rings. The average molecular weight is 223 g/mol. The lowest BCUT2D eigenvalue weighted by Crippen LogP contribution is -2.14. The first-order valence-corrected chi connectivity index (χ1v) is 5.69. The third kappa shape index (κ3) is 3.17. The molecule has 0 saturated carbocycles. The van der Waals surface area contributed by atoms with Crippen molar-refractivity contribution in [1.29, 1.82) is 0 Å². The fourth-order valence-electron chi connectivity index (χ4n) is 1.46. The van der Waals surface area contributed by atoms with Crippen LogP contribution in [0.25, 0.3) is 0 Å². The summed E-state index contributed by atoms with van der Waals surface area (Å²) in [6, 6.07) is 0. The molecule has 4 heteroatoms. The fraction of sp³-hybridized carbons (Fsp3) is 0.667. The number of aryl methyl sites for hydroxylation is 1. The van der Waals surface area contributed by atoms with Crippen LogP contribution in [0.15, 0.2) is 0 Å². The van der Waals surface area contributed by atoms with E-state index in [4.69, 9.17) is 4.74 Å². The van der Waals surface area contributed by atoms with E-state index in [2.05, 4.69) is 22.2 Å². The molecule has 0 bridgehead atoms. The molecule has 0 spiro atoms. The van der Waals surface area contributed by atoms with Gasteiger partial charge >= 0.3 is 0 Å². The molecule has 1 unspecified atom stereocenters. The number of aromatic nitrogens is 2. The molecule has 1 aromatic heterocycles. The van der Waals surface area contributed by atoms with Crippen molar-refractivity contribution in [3.8, 4) is 0 Å². The Kier molecular flexibility index (Phi) is 4.68. The van der Waals surface area contributed by atoms with E-state index in [9.17, 15) is 0 Å². The highest BCUT2D eigenvalue weighted by atomic mass is 16.5. The van der Waals surface area contributed by atoms with Crippen LogP contribution in [0.1, 0.15) is 30.9 Å². The van der Waals surface area contributed by atoms with Gasteiger partial charge in [0.25, 0.3) is 0 Å². The molecule has 90 valence electrons. The number of methoxy groups -OCH3 is 1. The third-order valence-corrected chi connectivity index (χ3v) is 2.65. The minimum atomic E-state index is 0.150. The maximum atomic E-state index is 5.22. The van der Waals surface area contributed by atoms with Gasteiger partial charge in [0.05, 0.1) is 6.10 Å². The predicted octanol–water partition coefficient (Wildman–Crippen LogP) is 2.10. The summed E-state index contributed by atoms with van der Waals surface area (Å²) in [6.45, 7) is 9.01. The van der Waals surface area contributed by atoms with E-state index in [-0.39, 0.29) is 6.10 Å². The Morgan fingerprint density at radius 1 is 1.31 bits per heavy atom. The van der Waals surface area contributed by atoms with Gasteiger partial charge in [0.15, 0.2) is 0 Å². The Morgan fingerprint density at radius 2 is 2.00 bits per heavy atom. The Hall–Kier alpha value is -1.16. The van der Waals surface area contributed by atoms with Crippen molar-refractivity contribution in [2.75, 3.05) is 19.0 Å². The van der Waals surface area contributed by atoms with E-state index in [1.807, 2.05) is 20.8 Å². The summed E-state index contributed by atoms with van der Waals surface area (Å²) in [4.78, 5) is 8.98. The van der Waals surface area contributed by atoms with E-state index in [0.717, 1.165) is 35.9 Å². The topological polar surface area (TPSA) is 47.0 Å². The molecule has 4 nitrogen and oxygen atoms in total. The monoisotopic (exact) mass is 223 g/mol. The van der Waals surface area contributed by atoms with Crippen LogP contribution in [0.5, 0.6) is 0 Å². The minimum Gasteiger partial charge on any atom is -0.381 e. The summed E-state index contributed by atoms with van der Waals surface area (Å²) in [5.41, 5.74) is 2.15. The molecule has 1 N–H and O–H groups in total. The first-order chi connectivity index (χ1) is 7.58. The highest BCUT2D eigenvalue weighted by Gasteiger charge is 2.10. The van der Waals surface area contributed by atoms with Gasteiger partial charge in [0, 0.05) is 31.3 Å². The largest absolute Gasteiger partial charge is 0.381 e. The van der Waals surface area contributed by atoms with E-state index in [0.29, 0.717) is 0 Å². The normalized spacial score (nSPS) is 12.6. The van der Waals surface area contributed by atoms with Crippen LogP contribution in [-0.4, -0.2) is 29.7 Å². The van der Waals surface area contributed by atoms with E-state index in [1.165, 1.54) is 0 Å². The van der Waals surface area contributed by atoms with Gasteiger partial charge in [-0.15, -0.1) is 0 Å². The molecule has 0 fully saturated rings. The number of hydrogen-bond donors (Lipinski definition) is 1. The molecule has 0 aliphatic rings. The molecule has 1 heterocycles. The first kappa shape index (κ1) is 12.9. The molecule has 0 saturated heterocycles. The zero-order chi connectivity index (χ0) is 12.1. The van der Waals surface area contributed by atoms with Crippen molar-refractivity contribution in [2.24, 2.45) is 0 Å². The zero-order valence-electron chi connectivity index (χ0n) is 10.8. The highest BCUT2D eigenvalue weighted by Crippen LogP contribution is 2.15. The van der Waals surface area contributed by atoms with Crippen molar-refractivity contribution in [3.63, 3.8) is 0 Å². The third-order valence-electron chi connectivity index (χ3n) is 2.65. The molecule has 16 heavy (non-hydrogen) atoms. The van der Waals surface area contributed by atoms with Crippen LogP contribution in [0.4, 0.5) is 5.82 Å². The van der Waals surface area contributed by atoms with Crippen LogP contribution in [0.2, 0.25) is 0 Å². The van der Waals surface area contributed by atoms with Gasteiger partial charge in [-0.1, -0.05) is 0 Å². The zero-order valence-corrected chi connectivity index (χ0v) is 10.8. The average Bonchev–Trinajstić information content (AvgIpc) is 2.25. The van der Waals surface area contributed by atoms with Gasteiger partial charge in [-0.05, 0) is 27.7 Å². The number of nitrogens with zero attached hydrogens (tertiary/aromatic N) is 2. The summed E-state index contributed by atoms with van der Waals surface area (Å²) in [7, 11) is 1.71. The second-order valence-corrected chi connectivity index (χ2v) is 3.98. The van der Waals surface area contributed by atoms with Crippen LogP contribution in [-0.2, 0) is 11.2 Å². The summed E-state index contributed by atoms with van der Waals surface area (Å²) in [5, 5.41) is 3.26. The molecule has 0 aliphatic heterocycles. The van der Waals surface area contributed by atoms with Gasteiger partial charge in [-0.3, -0.25) is 0 Å². The molecule has 0 radical (unpaired) electrons. The molecule has 0 amide bonds. The highest BCUT2D eigenvalue weighted by molar-refractivity contribution is 5.45. The van der Waals surface area contributed by atoms with Crippen molar-refractivity contribution in [3.05, 3.63) is 17.1 Å². The van der Waals surface area contributed by atoms with Crippen LogP contribution >= 0.6 is 0 Å². The maximum absolute atomic E-state index is 5.22. The quantitative estimate of drug-likeness (QED) is 0.830. The Labute approximate surface area is 97.5 Å². The van der Waals surface area contributed by atoms with Gasteiger partial charge < -0.3 is 10.1 Å². The number of rotatable bonds is 5. The van der Waals surface area contributed by atoms with Crippen LogP contribution in [0, 0.1) is 13.8 Å². The molecule has 1 rings (SSSR count). The SMILES string of the molecule is CCNc1nc(CC(C)OC)nc(C)c1C. The Morgan fingerprint density at radius 3 is 2.56 bits per heavy atom. The van der Waals surface area contributed by atoms with Gasteiger partial charge in [0.2, 0.25) is 0 Å². The predicted molar refractivity (Wildman–Crippen MR) is 65.8 cm³/mol. The first-order valence-electron chi connectivity index (χ1n) is 5.69.